The number of aryl methyl sites for hydroxylation is 1. The fraction of sp³-hybridized carbons (Fsp3) is 0.231. The van der Waals surface area contributed by atoms with Gasteiger partial charge in [0.05, 0.1) is 0 Å². The Balaban J connectivity index is 1.39. The van der Waals surface area contributed by atoms with Crippen molar-refractivity contribution in [2.24, 2.45) is 0 Å². The summed E-state index contributed by atoms with van der Waals surface area (Å²) in [6, 6.07) is 21.0. The summed E-state index contributed by atoms with van der Waals surface area (Å²) in [7, 11) is 0. The summed E-state index contributed by atoms with van der Waals surface area (Å²) in [5.74, 6) is -1.10. The highest BCUT2D eigenvalue weighted by Crippen LogP contribution is 2.44. The maximum absolute atomic E-state index is 13.0. The first-order valence-electron chi connectivity index (χ1n) is 10.5. The highest BCUT2D eigenvalue weighted by Gasteiger charge is 2.38. The molecule has 31 heavy (non-hydrogen) atoms. The van der Waals surface area contributed by atoms with Gasteiger partial charge in [0.2, 0.25) is 0 Å². The number of carbonyl (C=O) groups excluding carboxylic acids is 1. The number of carboxylic acids is 1. The molecule has 5 heteroatoms. The third kappa shape index (κ3) is 3.26. The molecule has 0 saturated heterocycles. The fourth-order valence-corrected chi connectivity index (χ4v) is 4.90. The average Bonchev–Trinajstić information content (AvgIpc) is 3.10. The Labute approximate surface area is 180 Å². The fourth-order valence-electron chi connectivity index (χ4n) is 4.90. The highest BCUT2D eigenvalue weighted by atomic mass is 16.6. The summed E-state index contributed by atoms with van der Waals surface area (Å²) in [6.07, 6.45) is 0.0332. The van der Waals surface area contributed by atoms with E-state index in [1.54, 1.807) is 0 Å². The highest BCUT2D eigenvalue weighted by molar-refractivity contribution is 5.83. The van der Waals surface area contributed by atoms with E-state index in [4.69, 9.17) is 4.74 Å². The minimum Gasteiger partial charge on any atom is -0.479 e. The quantitative estimate of drug-likeness (QED) is 0.661. The molecule has 5 rings (SSSR count). The first-order valence-corrected chi connectivity index (χ1v) is 10.5. The standard InChI is InChI=1S/C26H23NO4/c1-16-10-11-18-17(14-16)12-13-27(24(18)25(28)29)26(30)31-15-23-21-8-4-2-6-19(21)20-7-3-5-9-22(20)23/h2-11,14,23-24H,12-13,15H2,1H3,(H,28,29)/t24-/m1/s1. The first kappa shape index (κ1) is 19.4. The molecule has 0 fully saturated rings. The van der Waals surface area contributed by atoms with Crippen molar-refractivity contribution in [2.45, 2.75) is 25.3 Å². The van der Waals surface area contributed by atoms with Gasteiger partial charge in [0.1, 0.15) is 6.61 Å². The van der Waals surface area contributed by atoms with E-state index >= 15 is 0 Å². The van der Waals surface area contributed by atoms with Gasteiger partial charge < -0.3 is 9.84 Å². The number of carboxylic acid groups (broad SMARTS) is 1. The van der Waals surface area contributed by atoms with E-state index in [-0.39, 0.29) is 12.5 Å². The molecule has 1 aliphatic carbocycles. The normalized spacial score (nSPS) is 16.9. The van der Waals surface area contributed by atoms with E-state index in [1.165, 1.54) is 4.90 Å². The summed E-state index contributed by atoms with van der Waals surface area (Å²) in [5, 5.41) is 9.86. The molecule has 1 atom stereocenters. The molecule has 2 aliphatic rings. The predicted octanol–water partition coefficient (Wildman–Crippen LogP) is 4.93. The topological polar surface area (TPSA) is 66.8 Å². The Morgan fingerprint density at radius 2 is 1.61 bits per heavy atom. The number of hydrogen-bond acceptors (Lipinski definition) is 3. The van der Waals surface area contributed by atoms with Gasteiger partial charge in [0.25, 0.3) is 0 Å². The summed E-state index contributed by atoms with van der Waals surface area (Å²) in [5.41, 5.74) is 7.30. The van der Waals surface area contributed by atoms with Crippen molar-refractivity contribution >= 4 is 12.1 Å². The minimum atomic E-state index is -1.04. The van der Waals surface area contributed by atoms with Crippen molar-refractivity contribution in [3.63, 3.8) is 0 Å². The smallest absolute Gasteiger partial charge is 0.410 e. The Morgan fingerprint density at radius 3 is 2.26 bits per heavy atom. The predicted molar refractivity (Wildman–Crippen MR) is 117 cm³/mol. The molecule has 1 N–H and O–H groups in total. The van der Waals surface area contributed by atoms with Gasteiger partial charge in [-0.3, -0.25) is 4.90 Å². The molecule has 0 spiro atoms. The molecule has 0 aromatic heterocycles. The van der Waals surface area contributed by atoms with Crippen LogP contribution in [0.3, 0.4) is 0 Å². The summed E-state index contributed by atoms with van der Waals surface area (Å²) >= 11 is 0. The van der Waals surface area contributed by atoms with Gasteiger partial charge in [-0.05, 0) is 46.7 Å². The zero-order valence-corrected chi connectivity index (χ0v) is 17.2. The van der Waals surface area contributed by atoms with E-state index in [1.807, 2.05) is 49.4 Å². The van der Waals surface area contributed by atoms with Crippen LogP contribution in [0.2, 0.25) is 0 Å². The van der Waals surface area contributed by atoms with Crippen molar-refractivity contribution in [1.29, 1.82) is 0 Å². The van der Waals surface area contributed by atoms with Crippen LogP contribution < -0.4 is 0 Å². The van der Waals surface area contributed by atoms with Gasteiger partial charge in [0.15, 0.2) is 6.04 Å². The molecular weight excluding hydrogens is 390 g/mol. The molecule has 0 bridgehead atoms. The van der Waals surface area contributed by atoms with E-state index in [9.17, 15) is 14.7 Å². The lowest BCUT2D eigenvalue weighted by atomic mass is 9.91. The second-order valence-corrected chi connectivity index (χ2v) is 8.19. The molecule has 3 aromatic carbocycles. The van der Waals surface area contributed by atoms with Gasteiger partial charge in [-0.1, -0.05) is 72.3 Å². The summed E-state index contributed by atoms with van der Waals surface area (Å²) < 4.78 is 5.72. The Hall–Kier alpha value is -3.60. The molecule has 3 aromatic rings. The summed E-state index contributed by atoms with van der Waals surface area (Å²) in [6.45, 7) is 2.48. The van der Waals surface area contributed by atoms with Gasteiger partial charge in [0, 0.05) is 12.5 Å². The second-order valence-electron chi connectivity index (χ2n) is 8.19. The van der Waals surface area contributed by atoms with Crippen LogP contribution in [0.4, 0.5) is 4.79 Å². The molecule has 1 heterocycles. The number of ether oxygens (including phenoxy) is 1. The lowest BCUT2D eigenvalue weighted by Crippen LogP contribution is -2.44. The number of rotatable bonds is 3. The van der Waals surface area contributed by atoms with Crippen LogP contribution in [-0.2, 0) is 16.0 Å². The SMILES string of the molecule is Cc1ccc2c(c1)CCN(C(=O)OCC1c3ccccc3-c3ccccc31)[C@H]2C(=O)O. The molecule has 1 aliphatic heterocycles. The maximum Gasteiger partial charge on any atom is 0.410 e. The van der Waals surface area contributed by atoms with Crippen LogP contribution in [0.5, 0.6) is 0 Å². The number of benzene rings is 3. The average molecular weight is 413 g/mol. The van der Waals surface area contributed by atoms with Crippen LogP contribution in [0, 0.1) is 6.92 Å². The Bertz CT molecular complexity index is 1140. The van der Waals surface area contributed by atoms with Crippen LogP contribution in [0.1, 0.15) is 39.8 Å². The third-order valence-corrected chi connectivity index (χ3v) is 6.33. The number of nitrogens with zero attached hydrogens (tertiary/aromatic N) is 1. The largest absolute Gasteiger partial charge is 0.479 e. The molecular formula is C26H23NO4. The molecule has 0 radical (unpaired) electrons. The van der Waals surface area contributed by atoms with E-state index in [2.05, 4.69) is 24.3 Å². The lowest BCUT2D eigenvalue weighted by Gasteiger charge is -2.34. The minimum absolute atomic E-state index is 0.0562. The van der Waals surface area contributed by atoms with Gasteiger partial charge in [-0.15, -0.1) is 0 Å². The molecule has 0 unspecified atom stereocenters. The second kappa shape index (κ2) is 7.58. The number of amides is 1. The molecule has 0 saturated carbocycles. The van der Waals surface area contributed by atoms with Crippen molar-refractivity contribution in [3.05, 3.63) is 94.5 Å². The van der Waals surface area contributed by atoms with Crippen LogP contribution >= 0.6 is 0 Å². The molecule has 1 amide bonds. The van der Waals surface area contributed by atoms with E-state index in [0.29, 0.717) is 18.5 Å². The molecule has 5 nitrogen and oxygen atoms in total. The van der Waals surface area contributed by atoms with Gasteiger partial charge >= 0.3 is 12.1 Å². The summed E-state index contributed by atoms with van der Waals surface area (Å²) in [4.78, 5) is 26.4. The van der Waals surface area contributed by atoms with Crippen molar-refractivity contribution in [3.8, 4) is 11.1 Å². The van der Waals surface area contributed by atoms with Crippen molar-refractivity contribution in [1.82, 2.24) is 4.90 Å². The van der Waals surface area contributed by atoms with Gasteiger partial charge in [-0.2, -0.15) is 0 Å². The van der Waals surface area contributed by atoms with E-state index in [0.717, 1.165) is 33.4 Å². The first-order chi connectivity index (χ1) is 15.0. The van der Waals surface area contributed by atoms with Crippen molar-refractivity contribution in [2.75, 3.05) is 13.2 Å². The maximum atomic E-state index is 13.0. The monoisotopic (exact) mass is 413 g/mol. The number of fused-ring (bicyclic) bond motifs is 4. The zero-order chi connectivity index (χ0) is 21.5. The molecule has 156 valence electrons. The van der Waals surface area contributed by atoms with Gasteiger partial charge in [-0.25, -0.2) is 9.59 Å². The third-order valence-electron chi connectivity index (χ3n) is 6.33. The number of aliphatic carboxylic acids is 1. The Kier molecular flexibility index (Phi) is 4.74. The Morgan fingerprint density at radius 1 is 0.968 bits per heavy atom. The zero-order valence-electron chi connectivity index (χ0n) is 17.2. The van der Waals surface area contributed by atoms with E-state index < -0.39 is 18.1 Å². The van der Waals surface area contributed by atoms with Crippen molar-refractivity contribution < 1.29 is 19.4 Å². The lowest BCUT2D eigenvalue weighted by molar-refractivity contribution is -0.143. The van der Waals surface area contributed by atoms with Crippen LogP contribution in [-0.4, -0.2) is 35.2 Å². The van der Waals surface area contributed by atoms with Crippen LogP contribution in [0.25, 0.3) is 11.1 Å². The number of hydrogen-bond donors (Lipinski definition) is 1. The number of carbonyl (C=O) groups is 2. The van der Waals surface area contributed by atoms with Crippen LogP contribution in [0.15, 0.2) is 66.7 Å².